The Hall–Kier alpha value is -3.47. The maximum absolute atomic E-state index is 12.4. The van der Waals surface area contributed by atoms with Crippen LogP contribution in [0.3, 0.4) is 0 Å². The molecule has 0 radical (unpaired) electrons. The molecule has 0 aliphatic heterocycles. The molecule has 1 rings (SSSR count). The number of alkyl carbamates (subject to hydrolysis) is 1. The van der Waals surface area contributed by atoms with Crippen LogP contribution in [0.15, 0.2) is 29.4 Å². The van der Waals surface area contributed by atoms with Crippen molar-refractivity contribution in [2.24, 2.45) is 5.11 Å². The lowest BCUT2D eigenvalue weighted by Gasteiger charge is -2.33. The number of hydrogen-bond acceptors (Lipinski definition) is 11. The Morgan fingerprint density at radius 2 is 1.61 bits per heavy atom. The molecule has 0 spiro atoms. The third kappa shape index (κ3) is 15.2. The summed E-state index contributed by atoms with van der Waals surface area (Å²) in [6, 6.07) is 4.06. The van der Waals surface area contributed by atoms with Crippen LogP contribution in [0.4, 0.5) is 10.5 Å². The minimum absolute atomic E-state index is 0.0701. The molecule has 2 amide bonds. The van der Waals surface area contributed by atoms with Gasteiger partial charge in [-0.25, -0.2) is 9.59 Å². The van der Waals surface area contributed by atoms with E-state index in [1.807, 2.05) is 0 Å². The third-order valence-corrected chi connectivity index (χ3v) is 5.60. The van der Waals surface area contributed by atoms with Gasteiger partial charge in [0.15, 0.2) is 6.04 Å². The molecule has 2 unspecified atom stereocenters. The van der Waals surface area contributed by atoms with Crippen LogP contribution in [0.5, 0.6) is 0 Å². The SMILES string of the molecule is COC(=O)C(CNC(=O)OC(C)(C)C)N(c1ccc(C(=O)NCCOCCOCCOCCN=[N+]=[N-])cc1)S(=O)[O-]. The van der Waals surface area contributed by atoms with Gasteiger partial charge in [-0.1, -0.05) is 5.11 Å². The lowest BCUT2D eigenvalue weighted by molar-refractivity contribution is -0.141. The van der Waals surface area contributed by atoms with Gasteiger partial charge in [0.2, 0.25) is 0 Å². The molecule has 2 N–H and O–H groups in total. The van der Waals surface area contributed by atoms with Gasteiger partial charge in [-0.2, -0.15) is 0 Å². The Kier molecular flexibility index (Phi) is 17.0. The molecule has 2 atom stereocenters. The van der Waals surface area contributed by atoms with E-state index in [9.17, 15) is 23.1 Å². The maximum atomic E-state index is 12.4. The largest absolute Gasteiger partial charge is 0.755 e. The number of azide groups is 1. The molecule has 41 heavy (non-hydrogen) atoms. The monoisotopic (exact) mass is 601 g/mol. The number of nitrogens with one attached hydrogen (secondary N) is 2. The number of hydrogen-bond donors (Lipinski definition) is 2. The van der Waals surface area contributed by atoms with Crippen molar-refractivity contribution in [3.63, 3.8) is 0 Å². The van der Waals surface area contributed by atoms with Gasteiger partial charge in [0.05, 0.1) is 53.3 Å². The van der Waals surface area contributed by atoms with Gasteiger partial charge < -0.3 is 38.9 Å². The topological polar surface area (TPSA) is 214 Å². The average molecular weight is 602 g/mol. The van der Waals surface area contributed by atoms with Gasteiger partial charge >= 0.3 is 12.1 Å². The van der Waals surface area contributed by atoms with E-state index in [2.05, 4.69) is 20.7 Å². The second-order valence-corrected chi connectivity index (χ2v) is 9.89. The van der Waals surface area contributed by atoms with Gasteiger partial charge in [0.1, 0.15) is 5.60 Å². The van der Waals surface area contributed by atoms with Crippen molar-refractivity contribution in [1.82, 2.24) is 10.6 Å². The fourth-order valence-electron chi connectivity index (χ4n) is 3.05. The summed E-state index contributed by atoms with van der Waals surface area (Å²) in [6.07, 6.45) is -0.837. The fraction of sp³-hybridized carbons (Fsp3) is 0.625. The number of benzene rings is 1. The zero-order valence-electron chi connectivity index (χ0n) is 23.5. The smallest absolute Gasteiger partial charge is 0.407 e. The van der Waals surface area contributed by atoms with Gasteiger partial charge in [-0.3, -0.25) is 13.3 Å². The highest BCUT2D eigenvalue weighted by molar-refractivity contribution is 7.80. The maximum Gasteiger partial charge on any atom is 0.407 e. The number of methoxy groups -OCH3 is 1. The van der Waals surface area contributed by atoms with Gasteiger partial charge in [-0.05, 0) is 50.6 Å². The number of ether oxygens (including phenoxy) is 5. The van der Waals surface area contributed by atoms with Crippen molar-refractivity contribution >= 4 is 34.9 Å². The number of carbonyl (C=O) groups is 3. The van der Waals surface area contributed by atoms with Crippen molar-refractivity contribution in [1.29, 1.82) is 0 Å². The zero-order valence-corrected chi connectivity index (χ0v) is 24.3. The fourth-order valence-corrected chi connectivity index (χ4v) is 3.71. The Bertz CT molecular complexity index is 1030. The molecule has 1 aromatic rings. The number of rotatable bonds is 19. The Morgan fingerprint density at radius 3 is 2.15 bits per heavy atom. The highest BCUT2D eigenvalue weighted by Gasteiger charge is 2.30. The molecule has 16 nitrogen and oxygen atoms in total. The molecular weight excluding hydrogens is 564 g/mol. The van der Waals surface area contributed by atoms with Crippen LogP contribution in [0.1, 0.15) is 31.1 Å². The standard InChI is InChI=1S/C24H38N6O10S/c1-24(2,3)40-23(33)27-17-20(22(32)36-4)30(41(34)35)19-7-5-18(6-8-19)21(31)26-9-11-37-13-15-39-16-14-38-12-10-28-29-25/h5-8,20H,9-17H2,1-4H3,(H,26,31)(H,27,33)(H,34,35)/p-1. The first kappa shape index (κ1) is 35.6. The van der Waals surface area contributed by atoms with E-state index in [-0.39, 0.29) is 30.9 Å². The summed E-state index contributed by atoms with van der Waals surface area (Å²) in [5.74, 6) is -1.33. The molecule has 0 aliphatic rings. The first-order valence-electron chi connectivity index (χ1n) is 12.6. The normalized spacial score (nSPS) is 12.4. The van der Waals surface area contributed by atoms with Crippen molar-refractivity contribution < 1.29 is 46.8 Å². The zero-order chi connectivity index (χ0) is 30.7. The number of anilines is 1. The van der Waals surface area contributed by atoms with Crippen LogP contribution in [0.25, 0.3) is 10.4 Å². The summed E-state index contributed by atoms with van der Waals surface area (Å²) in [5.41, 5.74) is 7.67. The van der Waals surface area contributed by atoms with Crippen LogP contribution >= 0.6 is 0 Å². The minimum Gasteiger partial charge on any atom is -0.755 e. The van der Waals surface area contributed by atoms with Gasteiger partial charge in [0, 0.05) is 40.5 Å². The molecule has 0 bridgehead atoms. The van der Waals surface area contributed by atoms with Crippen LogP contribution in [-0.4, -0.2) is 105 Å². The molecule has 0 aliphatic carbocycles. The van der Waals surface area contributed by atoms with E-state index in [4.69, 9.17) is 29.2 Å². The Balaban J connectivity index is 2.55. The first-order valence-corrected chi connectivity index (χ1v) is 13.6. The van der Waals surface area contributed by atoms with E-state index >= 15 is 0 Å². The molecular formula is C24H37N6O10S-. The van der Waals surface area contributed by atoms with Gasteiger partial charge in [-0.15, -0.1) is 0 Å². The second-order valence-electron chi connectivity index (χ2n) is 9.06. The second kappa shape index (κ2) is 19.6. The summed E-state index contributed by atoms with van der Waals surface area (Å²) in [6.45, 7) is 6.98. The van der Waals surface area contributed by atoms with Crippen LogP contribution in [0, 0.1) is 0 Å². The Morgan fingerprint density at radius 1 is 1.02 bits per heavy atom. The number of amides is 2. The van der Waals surface area contributed by atoms with Crippen LogP contribution in [0.2, 0.25) is 0 Å². The molecule has 0 saturated heterocycles. The summed E-state index contributed by atoms with van der Waals surface area (Å²) >= 11 is -2.93. The van der Waals surface area contributed by atoms with Crippen LogP contribution in [-0.2, 0) is 39.7 Å². The van der Waals surface area contributed by atoms with Gasteiger partial charge in [0.25, 0.3) is 5.91 Å². The van der Waals surface area contributed by atoms with E-state index in [1.165, 1.54) is 24.3 Å². The highest BCUT2D eigenvalue weighted by atomic mass is 32.2. The summed E-state index contributed by atoms with van der Waals surface area (Å²) in [7, 11) is 1.09. The average Bonchev–Trinajstić information content (AvgIpc) is 2.92. The first-order chi connectivity index (χ1) is 19.5. The van der Waals surface area contributed by atoms with E-state index in [0.29, 0.717) is 33.0 Å². The summed E-state index contributed by atoms with van der Waals surface area (Å²) in [5, 5.41) is 8.39. The summed E-state index contributed by atoms with van der Waals surface area (Å²) < 4.78 is 50.6. The molecule has 0 fully saturated rings. The quantitative estimate of drug-likeness (QED) is 0.0581. The van der Waals surface area contributed by atoms with Crippen molar-refractivity contribution in [3.8, 4) is 0 Å². The Labute approximate surface area is 241 Å². The predicted octanol–water partition coefficient (Wildman–Crippen LogP) is 1.44. The lowest BCUT2D eigenvalue weighted by Crippen LogP contribution is -2.50. The number of nitrogens with zero attached hydrogens (tertiary/aromatic N) is 4. The molecule has 1 aromatic carbocycles. The van der Waals surface area contributed by atoms with Crippen molar-refractivity contribution in [3.05, 3.63) is 40.3 Å². The third-order valence-electron chi connectivity index (χ3n) is 4.81. The minimum atomic E-state index is -2.93. The van der Waals surface area contributed by atoms with E-state index in [1.54, 1.807) is 20.8 Å². The predicted molar refractivity (Wildman–Crippen MR) is 147 cm³/mol. The van der Waals surface area contributed by atoms with E-state index < -0.39 is 47.4 Å². The molecule has 0 aromatic heterocycles. The number of carbonyl (C=O) groups excluding carboxylic acids is 3. The molecule has 230 valence electrons. The van der Waals surface area contributed by atoms with Crippen LogP contribution < -0.4 is 14.9 Å². The molecule has 0 heterocycles. The molecule has 17 heteroatoms. The highest BCUT2D eigenvalue weighted by Crippen LogP contribution is 2.20. The molecule has 0 saturated carbocycles. The van der Waals surface area contributed by atoms with Crippen molar-refractivity contribution in [2.75, 3.05) is 70.7 Å². The summed E-state index contributed by atoms with van der Waals surface area (Å²) in [4.78, 5) is 39.5. The van der Waals surface area contributed by atoms with Crippen molar-refractivity contribution in [2.45, 2.75) is 32.4 Å². The lowest BCUT2D eigenvalue weighted by atomic mass is 10.1. The number of esters is 1. The van der Waals surface area contributed by atoms with E-state index in [0.717, 1.165) is 11.4 Å².